The monoisotopic (exact) mass is 524 g/mol. The van der Waals surface area contributed by atoms with E-state index in [1.54, 1.807) is 11.3 Å². The first-order chi connectivity index (χ1) is 17.0. The first-order valence-corrected chi connectivity index (χ1v) is 13.6. The van der Waals surface area contributed by atoms with Crippen molar-refractivity contribution in [1.82, 2.24) is 24.6 Å². The predicted octanol–water partition coefficient (Wildman–Crippen LogP) is 5.13. The van der Waals surface area contributed by atoms with Gasteiger partial charge in [0.1, 0.15) is 16.9 Å². The molecule has 190 valence electrons. The lowest BCUT2D eigenvalue weighted by Crippen LogP contribution is -2.54. The summed E-state index contributed by atoms with van der Waals surface area (Å²) in [6.07, 6.45) is 0.262. The van der Waals surface area contributed by atoms with E-state index < -0.39 is 6.04 Å². The Morgan fingerprint density at radius 3 is 2.36 bits per heavy atom. The number of halogens is 1. The number of thiophene rings is 1. The van der Waals surface area contributed by atoms with Crippen molar-refractivity contribution in [2.75, 3.05) is 26.2 Å². The summed E-state index contributed by atoms with van der Waals surface area (Å²) in [7, 11) is 0. The van der Waals surface area contributed by atoms with Crippen LogP contribution in [0.5, 0.6) is 0 Å². The molecule has 36 heavy (non-hydrogen) atoms. The van der Waals surface area contributed by atoms with Crippen molar-refractivity contribution in [3.63, 3.8) is 0 Å². The summed E-state index contributed by atoms with van der Waals surface area (Å²) in [5.74, 6) is 1.63. The molecule has 7 nitrogen and oxygen atoms in total. The largest absolute Gasteiger partial charge is 0.340 e. The van der Waals surface area contributed by atoms with Gasteiger partial charge in [0.2, 0.25) is 5.91 Å². The zero-order valence-corrected chi connectivity index (χ0v) is 23.4. The van der Waals surface area contributed by atoms with Gasteiger partial charge in [-0.25, -0.2) is 0 Å². The van der Waals surface area contributed by atoms with E-state index in [2.05, 4.69) is 54.3 Å². The number of aryl methyl sites for hydroxylation is 2. The van der Waals surface area contributed by atoms with E-state index in [9.17, 15) is 4.79 Å². The fourth-order valence-corrected chi connectivity index (χ4v) is 6.39. The van der Waals surface area contributed by atoms with Gasteiger partial charge in [0.15, 0.2) is 5.82 Å². The summed E-state index contributed by atoms with van der Waals surface area (Å²) < 4.78 is 2.10. The van der Waals surface area contributed by atoms with Crippen LogP contribution >= 0.6 is 22.9 Å². The average molecular weight is 525 g/mol. The van der Waals surface area contributed by atoms with E-state index in [1.807, 2.05) is 36.1 Å². The SMILES string of the molecule is Cc1sc2c(c1C)C(c1ccc(Cl)cc1)=N[C@@H](CC(=O)N1CCN(C(C)(C)C)CC1)c1nnc(C)n1-2. The van der Waals surface area contributed by atoms with Gasteiger partial charge in [-0.15, -0.1) is 21.5 Å². The maximum absolute atomic E-state index is 13.5. The van der Waals surface area contributed by atoms with Crippen LogP contribution in [0.3, 0.4) is 0 Å². The molecule has 0 aliphatic carbocycles. The standard InChI is InChI=1S/C27H33ClN6OS/c1-16-17(2)36-26-23(16)24(19-7-9-20(28)10-8-19)29-21(25-31-30-18(3)34(25)26)15-22(35)32-11-13-33(14-12-32)27(4,5)6/h7-10,21H,11-15H2,1-6H3/t21-/m0/s1. The molecule has 0 bridgehead atoms. The van der Waals surface area contributed by atoms with Crippen LogP contribution in [0.1, 0.15) is 66.5 Å². The highest BCUT2D eigenvalue weighted by Gasteiger charge is 2.34. The molecule has 2 aliphatic heterocycles. The summed E-state index contributed by atoms with van der Waals surface area (Å²) in [6, 6.07) is 7.35. The number of piperazine rings is 1. The molecular weight excluding hydrogens is 492 g/mol. The Balaban J connectivity index is 1.53. The minimum Gasteiger partial charge on any atom is -0.340 e. The van der Waals surface area contributed by atoms with Gasteiger partial charge in [-0.3, -0.25) is 19.3 Å². The van der Waals surface area contributed by atoms with E-state index in [4.69, 9.17) is 16.6 Å². The Morgan fingerprint density at radius 2 is 1.72 bits per heavy atom. The van der Waals surface area contributed by atoms with Crippen molar-refractivity contribution >= 4 is 34.6 Å². The van der Waals surface area contributed by atoms with E-state index >= 15 is 0 Å². The number of hydrogen-bond acceptors (Lipinski definition) is 6. The molecule has 0 spiro atoms. The van der Waals surface area contributed by atoms with Gasteiger partial charge in [-0.05, 0) is 59.2 Å². The summed E-state index contributed by atoms with van der Waals surface area (Å²) in [4.78, 5) is 24.4. The van der Waals surface area contributed by atoms with Crippen molar-refractivity contribution in [3.05, 3.63) is 62.5 Å². The maximum atomic E-state index is 13.5. The predicted molar refractivity (Wildman–Crippen MR) is 146 cm³/mol. The first kappa shape index (κ1) is 25.1. The van der Waals surface area contributed by atoms with Gasteiger partial charge in [0, 0.05) is 52.7 Å². The number of amides is 1. The molecule has 4 heterocycles. The number of nitrogens with zero attached hydrogens (tertiary/aromatic N) is 6. The molecule has 1 atom stereocenters. The average Bonchev–Trinajstić information content (AvgIpc) is 3.31. The van der Waals surface area contributed by atoms with Gasteiger partial charge in [-0.1, -0.05) is 23.7 Å². The summed E-state index contributed by atoms with van der Waals surface area (Å²) >= 11 is 7.92. The molecule has 1 fully saturated rings. The van der Waals surface area contributed by atoms with E-state index in [1.165, 1.54) is 10.4 Å². The maximum Gasteiger partial charge on any atom is 0.225 e. The molecule has 5 rings (SSSR count). The highest BCUT2D eigenvalue weighted by atomic mass is 35.5. The molecule has 9 heteroatoms. The van der Waals surface area contributed by atoms with Crippen LogP contribution in [0, 0.1) is 20.8 Å². The Morgan fingerprint density at radius 1 is 1.06 bits per heavy atom. The van der Waals surface area contributed by atoms with Crippen molar-refractivity contribution in [2.45, 2.75) is 59.5 Å². The van der Waals surface area contributed by atoms with Crippen molar-refractivity contribution in [3.8, 4) is 5.00 Å². The summed E-state index contributed by atoms with van der Waals surface area (Å²) in [6.45, 7) is 16.1. The molecule has 2 aromatic heterocycles. The molecule has 0 N–H and O–H groups in total. The topological polar surface area (TPSA) is 66.6 Å². The normalized spacial score (nSPS) is 18.5. The molecule has 1 amide bonds. The number of carbonyl (C=O) groups is 1. The highest BCUT2D eigenvalue weighted by molar-refractivity contribution is 7.15. The van der Waals surface area contributed by atoms with Crippen molar-refractivity contribution in [1.29, 1.82) is 0 Å². The van der Waals surface area contributed by atoms with E-state index in [-0.39, 0.29) is 17.9 Å². The van der Waals surface area contributed by atoms with Crippen LogP contribution in [-0.4, -0.2) is 67.9 Å². The third kappa shape index (κ3) is 4.51. The van der Waals surface area contributed by atoms with Crippen LogP contribution in [0.25, 0.3) is 5.00 Å². The number of carbonyl (C=O) groups excluding carboxylic acids is 1. The third-order valence-corrected chi connectivity index (χ3v) is 8.75. The number of hydrogen-bond donors (Lipinski definition) is 0. The number of rotatable bonds is 3. The highest BCUT2D eigenvalue weighted by Crippen LogP contribution is 2.39. The fraction of sp³-hybridized carbons (Fsp3) is 0.481. The lowest BCUT2D eigenvalue weighted by atomic mass is 9.99. The Bertz CT molecular complexity index is 1330. The molecule has 2 aliphatic rings. The number of benzene rings is 1. The van der Waals surface area contributed by atoms with Crippen molar-refractivity contribution < 1.29 is 4.79 Å². The third-order valence-electron chi connectivity index (χ3n) is 7.31. The Labute approximate surface area is 221 Å². The number of aromatic nitrogens is 3. The van der Waals surface area contributed by atoms with Crippen LogP contribution in [-0.2, 0) is 4.79 Å². The zero-order chi connectivity index (χ0) is 25.8. The quantitative estimate of drug-likeness (QED) is 0.476. The van der Waals surface area contributed by atoms with Gasteiger partial charge in [0.25, 0.3) is 0 Å². The van der Waals surface area contributed by atoms with Gasteiger partial charge in [-0.2, -0.15) is 0 Å². The Hall–Kier alpha value is -2.55. The van der Waals surface area contributed by atoms with Gasteiger partial charge < -0.3 is 4.90 Å². The van der Waals surface area contributed by atoms with Crippen LogP contribution in [0.4, 0.5) is 0 Å². The molecule has 0 saturated carbocycles. The number of aliphatic imine (C=N–C) groups is 1. The zero-order valence-electron chi connectivity index (χ0n) is 21.8. The van der Waals surface area contributed by atoms with E-state index in [0.29, 0.717) is 5.02 Å². The molecular formula is C27H33ClN6OS. The van der Waals surface area contributed by atoms with Crippen LogP contribution in [0.15, 0.2) is 29.3 Å². The second kappa shape index (κ2) is 9.39. The Kier molecular flexibility index (Phi) is 6.55. The second-order valence-electron chi connectivity index (χ2n) is 10.6. The lowest BCUT2D eigenvalue weighted by molar-refractivity contribution is -0.134. The van der Waals surface area contributed by atoms with Gasteiger partial charge in [0.05, 0.1) is 12.1 Å². The smallest absolute Gasteiger partial charge is 0.225 e. The van der Waals surface area contributed by atoms with Gasteiger partial charge >= 0.3 is 0 Å². The first-order valence-electron chi connectivity index (χ1n) is 12.4. The fourth-order valence-electron chi connectivity index (χ4n) is 5.05. The number of fused-ring (bicyclic) bond motifs is 3. The van der Waals surface area contributed by atoms with Crippen LogP contribution < -0.4 is 0 Å². The van der Waals surface area contributed by atoms with Crippen LogP contribution in [0.2, 0.25) is 5.02 Å². The summed E-state index contributed by atoms with van der Waals surface area (Å²) in [5, 5.41) is 10.7. The molecule has 0 unspecified atom stereocenters. The molecule has 3 aromatic rings. The molecule has 1 saturated heterocycles. The molecule has 0 radical (unpaired) electrons. The lowest BCUT2D eigenvalue weighted by Gasteiger charge is -2.42. The summed E-state index contributed by atoms with van der Waals surface area (Å²) in [5.41, 5.74) is 4.24. The minimum absolute atomic E-state index is 0.107. The van der Waals surface area contributed by atoms with Crippen molar-refractivity contribution in [2.24, 2.45) is 4.99 Å². The minimum atomic E-state index is -0.427. The second-order valence-corrected chi connectivity index (χ2v) is 12.3. The molecule has 1 aromatic carbocycles. The van der Waals surface area contributed by atoms with E-state index in [0.717, 1.165) is 59.7 Å².